The summed E-state index contributed by atoms with van der Waals surface area (Å²) in [5, 5.41) is 0. The van der Waals surface area contributed by atoms with Crippen molar-refractivity contribution >= 4 is 0 Å². The number of aryl methyl sites for hydroxylation is 8. The van der Waals surface area contributed by atoms with Crippen LogP contribution in [0.5, 0.6) is 0 Å². The van der Waals surface area contributed by atoms with E-state index in [0.29, 0.717) is 11.1 Å². The van der Waals surface area contributed by atoms with E-state index in [0.717, 1.165) is 11.8 Å². The van der Waals surface area contributed by atoms with Crippen LogP contribution in [0.25, 0.3) is 39.5 Å². The van der Waals surface area contributed by atoms with E-state index in [1.165, 1.54) is 45.4 Å². The smallest absolute Gasteiger partial charge is 0.239 e. The standard InChI is InChI=1S/C17H17N2.C12H13F2N2.C12H15N2/c1-14-8-6-7-11-16(14)17-12-19(13-18(17)2)15-9-4-3-5-10-15;1-8-4-9(13)5-10(14)12(8)11-6-15(2)7-16(11)3;1-10-6-4-5-7-11(10)12-8-13(2)9-14(12)3/h3-13H,1-2H3;4-7H,1-3H3;4-9H,1-3H3/q3*+1. The summed E-state index contributed by atoms with van der Waals surface area (Å²) in [5.74, 6) is -1.07. The van der Waals surface area contributed by atoms with Gasteiger partial charge in [-0.05, 0) is 55.7 Å². The highest BCUT2D eigenvalue weighted by atomic mass is 19.1. The first-order valence-corrected chi connectivity index (χ1v) is 16.2. The average molecular weight is 660 g/mol. The van der Waals surface area contributed by atoms with Gasteiger partial charge in [0.1, 0.15) is 35.9 Å². The summed E-state index contributed by atoms with van der Waals surface area (Å²) in [4.78, 5) is 0. The molecule has 7 aromatic rings. The fourth-order valence-electron chi connectivity index (χ4n) is 6.06. The van der Waals surface area contributed by atoms with Gasteiger partial charge in [-0.3, -0.25) is 0 Å². The first-order chi connectivity index (χ1) is 23.4. The molecule has 0 bridgehead atoms. The molecule has 0 atom stereocenters. The molecule has 3 heterocycles. The van der Waals surface area contributed by atoms with Crippen LogP contribution in [0.2, 0.25) is 0 Å². The van der Waals surface area contributed by atoms with Crippen molar-refractivity contribution in [1.29, 1.82) is 0 Å². The molecule has 0 aliphatic carbocycles. The van der Waals surface area contributed by atoms with Crippen LogP contribution < -0.4 is 13.7 Å². The lowest BCUT2D eigenvalue weighted by atomic mass is 10.1. The highest BCUT2D eigenvalue weighted by molar-refractivity contribution is 5.64. The summed E-state index contributed by atoms with van der Waals surface area (Å²) in [6.45, 7) is 5.99. The molecular weight excluding hydrogens is 614 g/mol. The number of benzene rings is 4. The van der Waals surface area contributed by atoms with E-state index >= 15 is 0 Å². The van der Waals surface area contributed by atoms with E-state index in [1.807, 2.05) is 48.9 Å². The quantitative estimate of drug-likeness (QED) is 0.179. The topological polar surface area (TPSA) is 26.4 Å². The number of imidazole rings is 3. The Morgan fingerprint density at radius 2 is 1.10 bits per heavy atom. The van der Waals surface area contributed by atoms with Gasteiger partial charge in [0, 0.05) is 17.2 Å². The van der Waals surface area contributed by atoms with E-state index in [1.54, 1.807) is 6.92 Å². The molecule has 0 spiro atoms. The predicted molar refractivity (Wildman–Crippen MR) is 191 cm³/mol. The maximum Gasteiger partial charge on any atom is 0.249 e. The average Bonchev–Trinajstić information content (AvgIpc) is 3.72. The molecular formula is C41H45F2N6+3. The summed E-state index contributed by atoms with van der Waals surface area (Å²) in [7, 11) is 9.89. The largest absolute Gasteiger partial charge is 0.249 e. The van der Waals surface area contributed by atoms with Gasteiger partial charge in [-0.2, -0.15) is 0 Å². The van der Waals surface area contributed by atoms with E-state index in [-0.39, 0.29) is 0 Å². The minimum absolute atomic E-state index is 0.449. The van der Waals surface area contributed by atoms with Crippen molar-refractivity contribution in [3.63, 3.8) is 0 Å². The maximum atomic E-state index is 13.7. The van der Waals surface area contributed by atoms with Crippen LogP contribution in [0.3, 0.4) is 0 Å². The Morgan fingerprint density at radius 1 is 0.571 bits per heavy atom. The van der Waals surface area contributed by atoms with E-state index < -0.39 is 11.6 Å². The number of halogens is 2. The summed E-state index contributed by atoms with van der Waals surface area (Å²) < 4.78 is 38.9. The van der Waals surface area contributed by atoms with Crippen LogP contribution in [0.15, 0.2) is 129 Å². The third kappa shape index (κ3) is 8.09. The van der Waals surface area contributed by atoms with Gasteiger partial charge in [-0.15, -0.1) is 0 Å². The number of rotatable bonds is 4. The molecule has 49 heavy (non-hydrogen) atoms. The first-order valence-electron chi connectivity index (χ1n) is 16.2. The van der Waals surface area contributed by atoms with E-state index in [2.05, 4.69) is 144 Å². The lowest BCUT2D eigenvalue weighted by Gasteiger charge is -2.04. The Balaban J connectivity index is 0.000000145. The van der Waals surface area contributed by atoms with Crippen LogP contribution in [-0.4, -0.2) is 13.7 Å². The van der Waals surface area contributed by atoms with Gasteiger partial charge < -0.3 is 0 Å². The second-order valence-corrected chi connectivity index (χ2v) is 12.5. The van der Waals surface area contributed by atoms with E-state index in [9.17, 15) is 8.78 Å². The highest BCUT2D eigenvalue weighted by Gasteiger charge is 2.19. The molecule has 0 aliphatic rings. The third-order valence-electron chi connectivity index (χ3n) is 8.47. The Kier molecular flexibility index (Phi) is 10.7. The zero-order valence-corrected chi connectivity index (χ0v) is 29.6. The van der Waals surface area contributed by atoms with Crippen molar-refractivity contribution < 1.29 is 22.5 Å². The molecule has 4 aromatic carbocycles. The summed E-state index contributed by atoms with van der Waals surface area (Å²) in [6.07, 6.45) is 12.1. The number of nitrogens with zero attached hydrogens (tertiary/aromatic N) is 6. The predicted octanol–water partition coefficient (Wildman–Crippen LogP) is 7.21. The lowest BCUT2D eigenvalue weighted by Crippen LogP contribution is -2.27. The van der Waals surface area contributed by atoms with Gasteiger partial charge >= 0.3 is 0 Å². The SMILES string of the molecule is Cc1cc(F)cc(F)c1-c1c[n+](C)cn1C.Cc1ccccc1-c1c[n+](C)cn1C.Cc1ccccc1-c1cn(-c2ccccc2)c[n+]1C. The molecule has 7 rings (SSSR count). The zero-order chi connectivity index (χ0) is 35.2. The Morgan fingerprint density at radius 3 is 1.63 bits per heavy atom. The third-order valence-corrected chi connectivity index (χ3v) is 8.47. The van der Waals surface area contributed by atoms with Gasteiger partial charge in [0.15, 0.2) is 17.1 Å². The molecule has 250 valence electrons. The number of para-hydroxylation sites is 1. The van der Waals surface area contributed by atoms with Gasteiger partial charge in [-0.25, -0.2) is 36.2 Å². The second-order valence-electron chi connectivity index (χ2n) is 12.5. The Labute approximate surface area is 288 Å². The second kappa shape index (κ2) is 15.1. The lowest BCUT2D eigenvalue weighted by molar-refractivity contribution is -0.670. The summed E-state index contributed by atoms with van der Waals surface area (Å²) in [5.41, 5.74) is 10.6. The van der Waals surface area contributed by atoms with Crippen molar-refractivity contribution in [2.45, 2.75) is 20.8 Å². The molecule has 0 saturated carbocycles. The molecule has 0 aliphatic heterocycles. The van der Waals surface area contributed by atoms with Crippen LogP contribution in [-0.2, 0) is 35.2 Å². The van der Waals surface area contributed by atoms with Crippen LogP contribution in [0.1, 0.15) is 16.7 Å². The minimum Gasteiger partial charge on any atom is -0.239 e. The molecule has 6 nitrogen and oxygen atoms in total. The molecule has 3 aromatic heterocycles. The van der Waals surface area contributed by atoms with E-state index in [4.69, 9.17) is 0 Å². The van der Waals surface area contributed by atoms with Crippen LogP contribution in [0.4, 0.5) is 8.78 Å². The van der Waals surface area contributed by atoms with Crippen LogP contribution in [0, 0.1) is 32.4 Å². The van der Waals surface area contributed by atoms with Crippen molar-refractivity contribution in [3.8, 4) is 39.5 Å². The number of hydrogen-bond donors (Lipinski definition) is 0. The van der Waals surface area contributed by atoms with Crippen molar-refractivity contribution in [1.82, 2.24) is 13.7 Å². The maximum absolute atomic E-state index is 13.7. The molecule has 0 amide bonds. The van der Waals surface area contributed by atoms with Crippen LogP contribution >= 0.6 is 0 Å². The van der Waals surface area contributed by atoms with Gasteiger partial charge in [-0.1, -0.05) is 66.7 Å². The van der Waals surface area contributed by atoms with Gasteiger partial charge in [0.05, 0.1) is 40.8 Å². The fourth-order valence-corrected chi connectivity index (χ4v) is 6.06. The molecule has 0 fully saturated rings. The monoisotopic (exact) mass is 659 g/mol. The molecule has 0 radical (unpaired) electrons. The summed E-state index contributed by atoms with van der Waals surface area (Å²) >= 11 is 0. The molecule has 0 N–H and O–H groups in total. The number of hydrogen-bond acceptors (Lipinski definition) is 0. The molecule has 0 unspecified atom stereocenters. The normalized spacial score (nSPS) is 10.7. The molecule has 0 saturated heterocycles. The summed E-state index contributed by atoms with van der Waals surface area (Å²) in [6, 6.07) is 29.6. The van der Waals surface area contributed by atoms with Gasteiger partial charge in [0.25, 0.3) is 0 Å². The zero-order valence-electron chi connectivity index (χ0n) is 29.6. The first kappa shape index (κ1) is 34.7. The van der Waals surface area contributed by atoms with Crippen molar-refractivity contribution in [3.05, 3.63) is 157 Å². The minimum atomic E-state index is -0.544. The van der Waals surface area contributed by atoms with Crippen molar-refractivity contribution in [2.75, 3.05) is 0 Å². The Hall–Kier alpha value is -5.63. The Bertz CT molecular complexity index is 2170. The van der Waals surface area contributed by atoms with Crippen molar-refractivity contribution in [2.24, 2.45) is 35.2 Å². The highest BCUT2D eigenvalue weighted by Crippen LogP contribution is 2.26. The molecule has 8 heteroatoms. The van der Waals surface area contributed by atoms with Gasteiger partial charge in [0.2, 0.25) is 19.0 Å². The fraction of sp³-hybridized carbons (Fsp3) is 0.195. The number of aromatic nitrogens is 6.